The summed E-state index contributed by atoms with van der Waals surface area (Å²) in [7, 11) is 0. The van der Waals surface area contributed by atoms with Gasteiger partial charge in [-0.2, -0.15) is 0 Å². The summed E-state index contributed by atoms with van der Waals surface area (Å²) in [5, 5.41) is 8.53. The number of nitrogens with two attached hydrogens (primary N) is 1. The predicted octanol–water partition coefficient (Wildman–Crippen LogP) is 2.02. The SMILES string of the molecule is CC(C)n1cc(C2(CN)CCCCC2)nn1. The molecule has 1 saturated carbocycles. The van der Waals surface area contributed by atoms with Crippen molar-refractivity contribution in [1.82, 2.24) is 15.0 Å². The minimum Gasteiger partial charge on any atom is -0.330 e. The third kappa shape index (κ3) is 1.98. The van der Waals surface area contributed by atoms with E-state index in [2.05, 4.69) is 30.4 Å². The molecule has 1 aliphatic carbocycles. The topological polar surface area (TPSA) is 56.7 Å². The summed E-state index contributed by atoms with van der Waals surface area (Å²) in [6, 6.07) is 0.375. The monoisotopic (exact) mass is 222 g/mol. The van der Waals surface area contributed by atoms with E-state index in [0.717, 1.165) is 5.69 Å². The Morgan fingerprint density at radius 2 is 2.06 bits per heavy atom. The van der Waals surface area contributed by atoms with Crippen LogP contribution in [0.1, 0.15) is 57.7 Å². The van der Waals surface area contributed by atoms with Crippen LogP contribution in [-0.2, 0) is 5.41 Å². The zero-order valence-corrected chi connectivity index (χ0v) is 10.3. The summed E-state index contributed by atoms with van der Waals surface area (Å²) in [6.07, 6.45) is 8.29. The van der Waals surface area contributed by atoms with Crippen molar-refractivity contribution in [3.63, 3.8) is 0 Å². The Kier molecular flexibility index (Phi) is 3.28. The molecular formula is C12H22N4. The van der Waals surface area contributed by atoms with Gasteiger partial charge in [-0.3, -0.25) is 0 Å². The highest BCUT2D eigenvalue weighted by molar-refractivity contribution is 5.14. The van der Waals surface area contributed by atoms with Gasteiger partial charge in [-0.15, -0.1) is 5.10 Å². The lowest BCUT2D eigenvalue weighted by atomic mass is 9.72. The van der Waals surface area contributed by atoms with Crippen molar-refractivity contribution < 1.29 is 0 Å². The van der Waals surface area contributed by atoms with Gasteiger partial charge >= 0.3 is 0 Å². The van der Waals surface area contributed by atoms with Gasteiger partial charge in [0.2, 0.25) is 0 Å². The van der Waals surface area contributed by atoms with Gasteiger partial charge in [0.05, 0.1) is 5.69 Å². The number of nitrogens with zero attached hydrogens (tertiary/aromatic N) is 3. The number of aromatic nitrogens is 3. The van der Waals surface area contributed by atoms with Gasteiger partial charge in [-0.1, -0.05) is 24.5 Å². The second-order valence-electron chi connectivity index (χ2n) is 5.22. The van der Waals surface area contributed by atoms with Crippen molar-refractivity contribution in [1.29, 1.82) is 0 Å². The molecule has 1 fully saturated rings. The van der Waals surface area contributed by atoms with E-state index in [-0.39, 0.29) is 5.41 Å². The molecule has 0 radical (unpaired) electrons. The van der Waals surface area contributed by atoms with Gasteiger partial charge < -0.3 is 5.73 Å². The largest absolute Gasteiger partial charge is 0.330 e. The summed E-state index contributed by atoms with van der Waals surface area (Å²) in [5.74, 6) is 0. The molecule has 0 aliphatic heterocycles. The smallest absolute Gasteiger partial charge is 0.0901 e. The van der Waals surface area contributed by atoms with E-state index in [1.54, 1.807) is 0 Å². The molecule has 0 amide bonds. The third-order valence-electron chi connectivity index (χ3n) is 3.78. The summed E-state index contributed by atoms with van der Waals surface area (Å²) in [6.45, 7) is 4.94. The van der Waals surface area contributed by atoms with Gasteiger partial charge in [0.25, 0.3) is 0 Å². The van der Waals surface area contributed by atoms with Gasteiger partial charge in [0.15, 0.2) is 0 Å². The minimum absolute atomic E-state index is 0.103. The van der Waals surface area contributed by atoms with Crippen LogP contribution in [0.3, 0.4) is 0 Å². The van der Waals surface area contributed by atoms with Crippen LogP contribution < -0.4 is 5.73 Å². The van der Waals surface area contributed by atoms with E-state index in [0.29, 0.717) is 12.6 Å². The molecule has 0 unspecified atom stereocenters. The summed E-state index contributed by atoms with van der Waals surface area (Å²) in [5.41, 5.74) is 7.18. The van der Waals surface area contributed by atoms with Crippen molar-refractivity contribution in [3.05, 3.63) is 11.9 Å². The highest BCUT2D eigenvalue weighted by Crippen LogP contribution is 2.37. The molecule has 4 nitrogen and oxygen atoms in total. The van der Waals surface area contributed by atoms with E-state index < -0.39 is 0 Å². The van der Waals surface area contributed by atoms with E-state index in [1.807, 2.05) is 4.68 Å². The lowest BCUT2D eigenvalue weighted by molar-refractivity contribution is 0.293. The maximum atomic E-state index is 5.98. The van der Waals surface area contributed by atoms with Crippen molar-refractivity contribution >= 4 is 0 Å². The van der Waals surface area contributed by atoms with Crippen LogP contribution in [0.2, 0.25) is 0 Å². The van der Waals surface area contributed by atoms with Crippen LogP contribution in [0, 0.1) is 0 Å². The van der Waals surface area contributed by atoms with Crippen LogP contribution in [-0.4, -0.2) is 21.5 Å². The van der Waals surface area contributed by atoms with E-state index in [9.17, 15) is 0 Å². The zero-order chi connectivity index (χ0) is 11.6. The lowest BCUT2D eigenvalue weighted by Gasteiger charge is -2.34. The predicted molar refractivity (Wildman–Crippen MR) is 64.2 cm³/mol. The van der Waals surface area contributed by atoms with Crippen molar-refractivity contribution in [3.8, 4) is 0 Å². The molecule has 16 heavy (non-hydrogen) atoms. The third-order valence-corrected chi connectivity index (χ3v) is 3.78. The first-order valence-corrected chi connectivity index (χ1v) is 6.30. The fourth-order valence-corrected chi connectivity index (χ4v) is 2.57. The quantitative estimate of drug-likeness (QED) is 0.851. The summed E-state index contributed by atoms with van der Waals surface area (Å²) in [4.78, 5) is 0. The number of hydrogen-bond acceptors (Lipinski definition) is 3. The van der Waals surface area contributed by atoms with Crippen LogP contribution in [0.4, 0.5) is 0 Å². The van der Waals surface area contributed by atoms with Crippen LogP contribution in [0.5, 0.6) is 0 Å². The Hall–Kier alpha value is -0.900. The Morgan fingerprint density at radius 3 is 2.56 bits per heavy atom. The van der Waals surface area contributed by atoms with Gasteiger partial charge in [-0.05, 0) is 26.7 Å². The normalized spacial score (nSPS) is 20.2. The first kappa shape index (κ1) is 11.6. The van der Waals surface area contributed by atoms with Gasteiger partial charge in [-0.25, -0.2) is 4.68 Å². The molecule has 0 aromatic carbocycles. The molecule has 2 rings (SSSR count). The van der Waals surface area contributed by atoms with Crippen molar-refractivity contribution in [2.75, 3.05) is 6.54 Å². The molecule has 90 valence electrons. The maximum Gasteiger partial charge on any atom is 0.0901 e. The fraction of sp³-hybridized carbons (Fsp3) is 0.833. The van der Waals surface area contributed by atoms with Crippen LogP contribution in [0.25, 0.3) is 0 Å². The van der Waals surface area contributed by atoms with Crippen LogP contribution >= 0.6 is 0 Å². The van der Waals surface area contributed by atoms with Gasteiger partial charge in [0.1, 0.15) is 0 Å². The Bertz CT molecular complexity index is 337. The van der Waals surface area contributed by atoms with Gasteiger partial charge in [0, 0.05) is 24.2 Å². The highest BCUT2D eigenvalue weighted by Gasteiger charge is 2.35. The molecule has 0 spiro atoms. The average Bonchev–Trinajstić information content (AvgIpc) is 2.80. The Labute approximate surface area is 97.2 Å². The first-order chi connectivity index (χ1) is 7.68. The molecule has 1 aliphatic rings. The fourth-order valence-electron chi connectivity index (χ4n) is 2.57. The average molecular weight is 222 g/mol. The maximum absolute atomic E-state index is 5.98. The molecule has 2 N–H and O–H groups in total. The molecule has 1 aromatic heterocycles. The van der Waals surface area contributed by atoms with Crippen molar-refractivity contribution in [2.24, 2.45) is 5.73 Å². The molecular weight excluding hydrogens is 200 g/mol. The number of hydrogen-bond donors (Lipinski definition) is 1. The zero-order valence-electron chi connectivity index (χ0n) is 10.3. The molecule has 1 heterocycles. The van der Waals surface area contributed by atoms with E-state index in [1.165, 1.54) is 32.1 Å². The second-order valence-corrected chi connectivity index (χ2v) is 5.22. The highest BCUT2D eigenvalue weighted by atomic mass is 15.4. The molecule has 1 aromatic rings. The standard InChI is InChI=1S/C12H22N4/c1-10(2)16-8-11(14-15-16)12(9-13)6-4-3-5-7-12/h8,10H,3-7,9,13H2,1-2H3. The van der Waals surface area contributed by atoms with Crippen molar-refractivity contribution in [2.45, 2.75) is 57.4 Å². The molecule has 0 atom stereocenters. The minimum atomic E-state index is 0.103. The molecule has 0 bridgehead atoms. The first-order valence-electron chi connectivity index (χ1n) is 6.30. The van der Waals surface area contributed by atoms with E-state index in [4.69, 9.17) is 5.73 Å². The summed E-state index contributed by atoms with van der Waals surface area (Å²) >= 11 is 0. The summed E-state index contributed by atoms with van der Waals surface area (Å²) < 4.78 is 1.93. The van der Waals surface area contributed by atoms with Crippen LogP contribution in [0.15, 0.2) is 6.20 Å². The number of rotatable bonds is 3. The lowest BCUT2D eigenvalue weighted by Crippen LogP contribution is -2.37. The second kappa shape index (κ2) is 4.53. The Morgan fingerprint density at radius 1 is 1.38 bits per heavy atom. The molecule has 4 heteroatoms. The van der Waals surface area contributed by atoms with E-state index >= 15 is 0 Å². The Balaban J connectivity index is 2.25. The molecule has 0 saturated heterocycles.